The molecule has 0 radical (unpaired) electrons. The van der Waals surface area contributed by atoms with Crippen LogP contribution in [0.25, 0.3) is 10.2 Å². The number of aromatic nitrogens is 2. The van der Waals surface area contributed by atoms with Gasteiger partial charge in [0.2, 0.25) is 0 Å². The predicted octanol–water partition coefficient (Wildman–Crippen LogP) is 1.88. The van der Waals surface area contributed by atoms with Crippen LogP contribution in [0.5, 0.6) is 0 Å². The van der Waals surface area contributed by atoms with Gasteiger partial charge in [-0.15, -0.1) is 17.9 Å². The quantitative estimate of drug-likeness (QED) is 0.737. The molecule has 0 aromatic carbocycles. The molecule has 0 saturated heterocycles. The summed E-state index contributed by atoms with van der Waals surface area (Å²) in [7, 11) is 0. The number of hydrogen-bond acceptors (Lipinski definition) is 4. The van der Waals surface area contributed by atoms with E-state index in [0.29, 0.717) is 5.82 Å². The number of rotatable bonds is 2. The molecule has 0 aliphatic heterocycles. The third kappa shape index (κ3) is 1.46. The topological polar surface area (TPSA) is 51.8 Å². The Morgan fingerprint density at radius 2 is 2.46 bits per heavy atom. The van der Waals surface area contributed by atoms with Crippen LogP contribution in [0.15, 0.2) is 30.3 Å². The summed E-state index contributed by atoms with van der Waals surface area (Å²) in [5.41, 5.74) is 5.72. The molecule has 13 heavy (non-hydrogen) atoms. The Kier molecular flexibility index (Phi) is 2.08. The molecule has 0 bridgehead atoms. The van der Waals surface area contributed by atoms with Gasteiger partial charge in [-0.25, -0.2) is 9.97 Å². The van der Waals surface area contributed by atoms with Crippen molar-refractivity contribution in [2.45, 2.75) is 6.04 Å². The van der Waals surface area contributed by atoms with Crippen LogP contribution in [-0.2, 0) is 0 Å². The highest BCUT2D eigenvalue weighted by Gasteiger charge is 2.05. The maximum atomic E-state index is 5.72. The molecular formula is C9H9N3S. The molecule has 0 saturated carbocycles. The fourth-order valence-corrected chi connectivity index (χ4v) is 1.78. The molecule has 2 N–H and O–H groups in total. The summed E-state index contributed by atoms with van der Waals surface area (Å²) >= 11 is 1.59. The lowest BCUT2D eigenvalue weighted by molar-refractivity contribution is 0.821. The van der Waals surface area contributed by atoms with Crippen molar-refractivity contribution in [2.24, 2.45) is 5.73 Å². The monoisotopic (exact) mass is 191 g/mol. The van der Waals surface area contributed by atoms with Gasteiger partial charge in [0.25, 0.3) is 0 Å². The molecule has 2 aromatic rings. The fourth-order valence-electron chi connectivity index (χ4n) is 1.03. The van der Waals surface area contributed by atoms with E-state index < -0.39 is 0 Å². The Labute approximate surface area is 79.9 Å². The van der Waals surface area contributed by atoms with Crippen LogP contribution in [0.3, 0.4) is 0 Å². The van der Waals surface area contributed by atoms with Gasteiger partial charge < -0.3 is 5.73 Å². The molecule has 0 fully saturated rings. The zero-order chi connectivity index (χ0) is 9.26. The molecule has 3 nitrogen and oxygen atoms in total. The van der Waals surface area contributed by atoms with Crippen molar-refractivity contribution >= 4 is 21.6 Å². The van der Waals surface area contributed by atoms with E-state index in [9.17, 15) is 0 Å². The van der Waals surface area contributed by atoms with Crippen LogP contribution in [0.2, 0.25) is 0 Å². The zero-order valence-corrected chi connectivity index (χ0v) is 7.79. The fraction of sp³-hybridized carbons (Fsp3) is 0.111. The van der Waals surface area contributed by atoms with Gasteiger partial charge in [-0.1, -0.05) is 6.08 Å². The maximum Gasteiger partial charge on any atom is 0.150 e. The van der Waals surface area contributed by atoms with Gasteiger partial charge in [0.15, 0.2) is 5.82 Å². The van der Waals surface area contributed by atoms with Crippen molar-refractivity contribution in [1.82, 2.24) is 9.97 Å². The maximum absolute atomic E-state index is 5.72. The van der Waals surface area contributed by atoms with Gasteiger partial charge in [0.05, 0.1) is 6.04 Å². The first-order chi connectivity index (χ1) is 6.31. The molecule has 1 atom stereocenters. The van der Waals surface area contributed by atoms with E-state index in [-0.39, 0.29) is 6.04 Å². The van der Waals surface area contributed by atoms with Crippen LogP contribution in [-0.4, -0.2) is 9.97 Å². The average Bonchev–Trinajstić information content (AvgIpc) is 2.63. The molecule has 0 spiro atoms. The van der Waals surface area contributed by atoms with E-state index in [0.717, 1.165) is 10.2 Å². The van der Waals surface area contributed by atoms with E-state index in [4.69, 9.17) is 5.73 Å². The second-order valence-corrected chi connectivity index (χ2v) is 3.57. The normalized spacial score (nSPS) is 13.0. The number of hydrogen-bond donors (Lipinski definition) is 1. The largest absolute Gasteiger partial charge is 0.318 e. The van der Waals surface area contributed by atoms with Crippen molar-refractivity contribution in [1.29, 1.82) is 0 Å². The molecule has 2 aromatic heterocycles. The van der Waals surface area contributed by atoms with Crippen LogP contribution in [0, 0.1) is 0 Å². The molecule has 2 heterocycles. The van der Waals surface area contributed by atoms with Crippen molar-refractivity contribution in [3.8, 4) is 0 Å². The summed E-state index contributed by atoms with van der Waals surface area (Å²) in [6, 6.07) is 1.72. The molecule has 2 rings (SSSR count). The third-order valence-corrected chi connectivity index (χ3v) is 2.60. The number of fused-ring (bicyclic) bond motifs is 1. The standard InChI is InChI=1S/C9H9N3S/c1-2-7(10)8-11-5-6-3-4-13-9(6)12-8/h2-5,7H,1,10H2. The summed E-state index contributed by atoms with van der Waals surface area (Å²) < 4.78 is 0. The second kappa shape index (κ2) is 3.24. The lowest BCUT2D eigenvalue weighted by Crippen LogP contribution is -2.10. The van der Waals surface area contributed by atoms with E-state index in [1.807, 2.05) is 11.4 Å². The smallest absolute Gasteiger partial charge is 0.150 e. The van der Waals surface area contributed by atoms with E-state index in [2.05, 4.69) is 16.5 Å². The Morgan fingerprint density at radius 3 is 3.23 bits per heavy atom. The Morgan fingerprint density at radius 1 is 1.62 bits per heavy atom. The number of thiophene rings is 1. The van der Waals surface area contributed by atoms with Crippen molar-refractivity contribution in [3.05, 3.63) is 36.1 Å². The number of nitrogens with zero attached hydrogens (tertiary/aromatic N) is 2. The molecule has 4 heteroatoms. The highest BCUT2D eigenvalue weighted by molar-refractivity contribution is 7.16. The van der Waals surface area contributed by atoms with E-state index >= 15 is 0 Å². The third-order valence-electron chi connectivity index (χ3n) is 1.78. The van der Waals surface area contributed by atoms with E-state index in [1.54, 1.807) is 23.6 Å². The summed E-state index contributed by atoms with van der Waals surface area (Å²) in [6.45, 7) is 3.60. The van der Waals surface area contributed by atoms with Gasteiger partial charge in [0.1, 0.15) is 4.83 Å². The zero-order valence-electron chi connectivity index (χ0n) is 6.97. The van der Waals surface area contributed by atoms with Crippen molar-refractivity contribution in [3.63, 3.8) is 0 Å². The van der Waals surface area contributed by atoms with Gasteiger partial charge in [-0.05, 0) is 11.4 Å². The summed E-state index contributed by atoms with van der Waals surface area (Å²) in [5, 5.41) is 3.05. The molecule has 0 amide bonds. The van der Waals surface area contributed by atoms with Crippen LogP contribution >= 0.6 is 11.3 Å². The first kappa shape index (κ1) is 8.34. The minimum absolute atomic E-state index is 0.272. The minimum Gasteiger partial charge on any atom is -0.318 e. The summed E-state index contributed by atoms with van der Waals surface area (Å²) in [6.07, 6.45) is 3.42. The molecular weight excluding hydrogens is 182 g/mol. The Balaban J connectivity index is 2.53. The molecule has 66 valence electrons. The number of nitrogens with two attached hydrogens (primary N) is 1. The van der Waals surface area contributed by atoms with Crippen LogP contribution in [0.1, 0.15) is 11.9 Å². The Bertz CT molecular complexity index is 435. The van der Waals surface area contributed by atoms with E-state index in [1.165, 1.54) is 0 Å². The molecule has 1 unspecified atom stereocenters. The van der Waals surface area contributed by atoms with Crippen LogP contribution < -0.4 is 5.73 Å². The highest BCUT2D eigenvalue weighted by Crippen LogP contribution is 2.18. The first-order valence-corrected chi connectivity index (χ1v) is 4.77. The minimum atomic E-state index is -0.272. The van der Waals surface area contributed by atoms with Crippen molar-refractivity contribution in [2.75, 3.05) is 0 Å². The van der Waals surface area contributed by atoms with Gasteiger partial charge in [-0.3, -0.25) is 0 Å². The SMILES string of the molecule is C=CC(N)c1ncc2ccsc2n1. The van der Waals surface area contributed by atoms with Gasteiger partial charge >= 0.3 is 0 Å². The lowest BCUT2D eigenvalue weighted by Gasteiger charge is -2.02. The predicted molar refractivity (Wildman–Crippen MR) is 54.5 cm³/mol. The first-order valence-electron chi connectivity index (χ1n) is 3.89. The highest BCUT2D eigenvalue weighted by atomic mass is 32.1. The average molecular weight is 191 g/mol. The molecule has 0 aliphatic carbocycles. The second-order valence-electron chi connectivity index (χ2n) is 2.67. The van der Waals surface area contributed by atoms with Crippen LogP contribution in [0.4, 0.5) is 0 Å². The summed E-state index contributed by atoms with van der Waals surface area (Å²) in [5.74, 6) is 0.630. The molecule has 0 aliphatic rings. The van der Waals surface area contributed by atoms with Gasteiger partial charge in [0, 0.05) is 11.6 Å². The summed E-state index contributed by atoms with van der Waals surface area (Å²) in [4.78, 5) is 9.44. The van der Waals surface area contributed by atoms with Gasteiger partial charge in [-0.2, -0.15) is 0 Å². The Hall–Kier alpha value is -1.26. The lowest BCUT2D eigenvalue weighted by atomic mass is 10.3. The van der Waals surface area contributed by atoms with Crippen molar-refractivity contribution < 1.29 is 0 Å².